The standard InChI is InChI=1S/C14H26N2O3S/c1-8-9-7-10(14(8,5)6)12(11(9)15-17)20(18,19)16-13(2,3)4/h8-10,12,16-17H,7H2,1-6H3/b15-11+. The normalized spacial score (nSPS) is 38.6. The van der Waals surface area contributed by atoms with Crippen LogP contribution in [0.1, 0.15) is 48.0 Å². The van der Waals surface area contributed by atoms with E-state index >= 15 is 0 Å². The zero-order valence-electron chi connectivity index (χ0n) is 13.1. The van der Waals surface area contributed by atoms with Crippen LogP contribution in [-0.2, 0) is 10.0 Å². The summed E-state index contributed by atoms with van der Waals surface area (Å²) >= 11 is 0. The Balaban J connectivity index is 2.42. The van der Waals surface area contributed by atoms with Crippen LogP contribution in [0.25, 0.3) is 0 Å². The summed E-state index contributed by atoms with van der Waals surface area (Å²) in [5.41, 5.74) is -0.147. The van der Waals surface area contributed by atoms with Crippen LogP contribution in [-0.4, -0.2) is 30.1 Å². The van der Waals surface area contributed by atoms with Gasteiger partial charge in [-0.3, -0.25) is 0 Å². The quantitative estimate of drug-likeness (QED) is 0.606. The minimum atomic E-state index is -3.55. The molecule has 2 bridgehead atoms. The molecule has 0 spiro atoms. The second kappa shape index (κ2) is 4.44. The van der Waals surface area contributed by atoms with Gasteiger partial charge in [0, 0.05) is 11.5 Å². The molecule has 4 unspecified atom stereocenters. The van der Waals surface area contributed by atoms with Crippen LogP contribution in [0.15, 0.2) is 5.16 Å². The van der Waals surface area contributed by atoms with Crippen molar-refractivity contribution in [1.29, 1.82) is 0 Å². The van der Waals surface area contributed by atoms with Crippen molar-refractivity contribution in [3.8, 4) is 0 Å². The van der Waals surface area contributed by atoms with Gasteiger partial charge in [-0.15, -0.1) is 0 Å². The van der Waals surface area contributed by atoms with Crippen LogP contribution in [0.4, 0.5) is 0 Å². The molecule has 5 nitrogen and oxygen atoms in total. The average molecular weight is 302 g/mol. The Morgan fingerprint density at radius 2 is 1.90 bits per heavy atom. The monoisotopic (exact) mass is 302 g/mol. The number of hydrogen-bond donors (Lipinski definition) is 2. The van der Waals surface area contributed by atoms with E-state index in [1.165, 1.54) is 0 Å². The first-order valence-electron chi connectivity index (χ1n) is 7.16. The van der Waals surface area contributed by atoms with Gasteiger partial charge in [0.2, 0.25) is 10.0 Å². The van der Waals surface area contributed by atoms with Gasteiger partial charge in [0.25, 0.3) is 0 Å². The predicted octanol–water partition coefficient (Wildman–Crippen LogP) is 2.22. The lowest BCUT2D eigenvalue weighted by atomic mass is 9.69. The van der Waals surface area contributed by atoms with Gasteiger partial charge in [-0.1, -0.05) is 25.9 Å². The zero-order valence-corrected chi connectivity index (χ0v) is 14.0. The van der Waals surface area contributed by atoms with Crippen molar-refractivity contribution in [2.75, 3.05) is 0 Å². The Labute approximate surface area is 121 Å². The van der Waals surface area contributed by atoms with Crippen molar-refractivity contribution >= 4 is 15.7 Å². The molecule has 0 amide bonds. The minimum absolute atomic E-state index is 0.00764. The molecule has 4 atom stereocenters. The van der Waals surface area contributed by atoms with E-state index in [1.54, 1.807) is 0 Å². The van der Waals surface area contributed by atoms with Crippen molar-refractivity contribution in [1.82, 2.24) is 4.72 Å². The fourth-order valence-corrected chi connectivity index (χ4v) is 6.36. The molecule has 0 aromatic rings. The van der Waals surface area contributed by atoms with E-state index in [4.69, 9.17) is 0 Å². The SMILES string of the molecule is CC1C2CC(C(S(=O)(=O)NC(C)(C)C)/C2=N/O)C1(C)C. The summed E-state index contributed by atoms with van der Waals surface area (Å²) < 4.78 is 28.1. The Bertz CT molecular complexity index is 531. The third-order valence-electron chi connectivity index (χ3n) is 5.18. The second-order valence-electron chi connectivity index (χ2n) is 7.90. The Morgan fingerprint density at radius 3 is 2.35 bits per heavy atom. The minimum Gasteiger partial charge on any atom is -0.411 e. The highest BCUT2D eigenvalue weighted by Crippen LogP contribution is 2.59. The van der Waals surface area contributed by atoms with E-state index in [9.17, 15) is 13.6 Å². The average Bonchev–Trinajstić information content (AvgIpc) is 2.72. The Kier molecular flexibility index (Phi) is 3.50. The van der Waals surface area contributed by atoms with Crippen molar-refractivity contribution in [2.24, 2.45) is 28.3 Å². The zero-order chi connectivity index (χ0) is 15.5. The molecule has 0 radical (unpaired) electrons. The molecule has 0 aromatic heterocycles. The van der Waals surface area contributed by atoms with Crippen molar-refractivity contribution in [3.05, 3.63) is 0 Å². The highest BCUT2D eigenvalue weighted by molar-refractivity contribution is 7.91. The first-order valence-corrected chi connectivity index (χ1v) is 8.71. The molecule has 0 aromatic carbocycles. The van der Waals surface area contributed by atoms with E-state index in [2.05, 4.69) is 30.6 Å². The van der Waals surface area contributed by atoms with Crippen molar-refractivity contribution in [2.45, 2.75) is 58.8 Å². The van der Waals surface area contributed by atoms with Gasteiger partial charge in [0.05, 0.1) is 5.71 Å². The van der Waals surface area contributed by atoms with Crippen LogP contribution in [0, 0.1) is 23.2 Å². The first kappa shape index (κ1) is 15.8. The summed E-state index contributed by atoms with van der Waals surface area (Å²) in [6, 6.07) is 0. The molecule has 20 heavy (non-hydrogen) atoms. The lowest BCUT2D eigenvalue weighted by Gasteiger charge is -2.41. The number of rotatable bonds is 2. The fourth-order valence-electron chi connectivity index (χ4n) is 3.94. The van der Waals surface area contributed by atoms with E-state index in [-0.39, 0.29) is 17.3 Å². The number of oxime groups is 1. The summed E-state index contributed by atoms with van der Waals surface area (Å²) in [7, 11) is -3.55. The smallest absolute Gasteiger partial charge is 0.220 e. The molecule has 2 aliphatic carbocycles. The fraction of sp³-hybridized carbons (Fsp3) is 0.929. The molecule has 2 aliphatic rings. The van der Waals surface area contributed by atoms with E-state index in [1.807, 2.05) is 20.8 Å². The molecular formula is C14H26N2O3S. The number of sulfonamides is 1. The van der Waals surface area contributed by atoms with Crippen LogP contribution in [0.3, 0.4) is 0 Å². The predicted molar refractivity (Wildman–Crippen MR) is 79.4 cm³/mol. The van der Waals surface area contributed by atoms with E-state index in [0.29, 0.717) is 11.6 Å². The molecule has 0 heterocycles. The highest BCUT2D eigenvalue weighted by Gasteiger charge is 2.63. The maximum atomic E-state index is 12.7. The van der Waals surface area contributed by atoms with Crippen molar-refractivity contribution in [3.63, 3.8) is 0 Å². The van der Waals surface area contributed by atoms with Gasteiger partial charge < -0.3 is 5.21 Å². The largest absolute Gasteiger partial charge is 0.411 e. The molecule has 2 rings (SSSR count). The van der Waals surface area contributed by atoms with Crippen LogP contribution in [0.2, 0.25) is 0 Å². The summed E-state index contributed by atoms with van der Waals surface area (Å²) in [4.78, 5) is 0. The number of nitrogens with one attached hydrogen (secondary N) is 1. The molecule has 2 N–H and O–H groups in total. The third kappa shape index (κ3) is 2.26. The summed E-state index contributed by atoms with van der Waals surface area (Å²) in [6.07, 6.45) is 0.795. The maximum absolute atomic E-state index is 12.7. The molecule has 2 saturated carbocycles. The lowest BCUT2D eigenvalue weighted by Crippen LogP contribution is -2.54. The van der Waals surface area contributed by atoms with Gasteiger partial charge in [-0.05, 0) is 44.4 Å². The second-order valence-corrected chi connectivity index (χ2v) is 9.70. The number of hydrogen-bond acceptors (Lipinski definition) is 4. The van der Waals surface area contributed by atoms with Crippen LogP contribution >= 0.6 is 0 Å². The molecule has 116 valence electrons. The van der Waals surface area contributed by atoms with E-state index < -0.39 is 20.8 Å². The molecule has 0 aliphatic heterocycles. The van der Waals surface area contributed by atoms with Gasteiger partial charge in [-0.2, -0.15) is 0 Å². The molecule has 0 saturated heterocycles. The van der Waals surface area contributed by atoms with Crippen LogP contribution < -0.4 is 4.72 Å². The Hall–Kier alpha value is -0.620. The van der Waals surface area contributed by atoms with Gasteiger partial charge in [0.15, 0.2) is 0 Å². The highest BCUT2D eigenvalue weighted by atomic mass is 32.2. The number of nitrogens with zero attached hydrogens (tertiary/aromatic N) is 1. The van der Waals surface area contributed by atoms with E-state index in [0.717, 1.165) is 6.42 Å². The molecular weight excluding hydrogens is 276 g/mol. The van der Waals surface area contributed by atoms with Gasteiger partial charge in [-0.25, -0.2) is 13.1 Å². The third-order valence-corrected chi connectivity index (χ3v) is 7.31. The Morgan fingerprint density at radius 1 is 1.35 bits per heavy atom. The van der Waals surface area contributed by atoms with Gasteiger partial charge >= 0.3 is 0 Å². The maximum Gasteiger partial charge on any atom is 0.220 e. The molecule has 2 fully saturated rings. The van der Waals surface area contributed by atoms with Crippen molar-refractivity contribution < 1.29 is 13.6 Å². The number of fused-ring (bicyclic) bond motifs is 2. The molecule has 6 heteroatoms. The topological polar surface area (TPSA) is 78.8 Å². The summed E-state index contributed by atoms with van der Waals surface area (Å²) in [5.74, 6) is 0.411. The summed E-state index contributed by atoms with van der Waals surface area (Å²) in [5, 5.41) is 12.0. The lowest BCUT2D eigenvalue weighted by molar-refractivity contribution is 0.179. The summed E-state index contributed by atoms with van der Waals surface area (Å²) in [6.45, 7) is 11.8. The van der Waals surface area contributed by atoms with Gasteiger partial charge in [0.1, 0.15) is 5.25 Å². The first-order chi connectivity index (χ1) is 8.92. The van der Waals surface area contributed by atoms with Crippen LogP contribution in [0.5, 0.6) is 0 Å².